The third-order valence-electron chi connectivity index (χ3n) is 3.91. The summed E-state index contributed by atoms with van der Waals surface area (Å²) in [6.45, 7) is 1.90. The Kier molecular flexibility index (Phi) is 6.79. The number of methoxy groups -OCH3 is 1. The molecule has 128 valence electrons. The molecule has 0 aliphatic heterocycles. The summed E-state index contributed by atoms with van der Waals surface area (Å²) in [6.07, 6.45) is 0.230. The van der Waals surface area contributed by atoms with Gasteiger partial charge in [0.25, 0.3) is 0 Å². The van der Waals surface area contributed by atoms with E-state index in [1.165, 1.54) is 0 Å². The average Bonchev–Trinajstić information content (AvgIpc) is 2.58. The molecule has 0 aromatic heterocycles. The number of carbonyl (C=O) groups excluding carboxylic acids is 1. The fourth-order valence-electron chi connectivity index (χ4n) is 2.65. The van der Waals surface area contributed by atoms with Crippen molar-refractivity contribution in [1.29, 1.82) is 0 Å². The maximum Gasteiger partial charge on any atom is 0.237 e. The maximum absolute atomic E-state index is 12.4. The molecule has 0 saturated carbocycles. The predicted octanol–water partition coefficient (Wildman–Crippen LogP) is 3.10. The maximum atomic E-state index is 12.4. The van der Waals surface area contributed by atoms with Gasteiger partial charge >= 0.3 is 0 Å². The number of halogens is 1. The molecule has 24 heavy (non-hydrogen) atoms. The number of hydrogen-bond donors (Lipinski definition) is 2. The van der Waals surface area contributed by atoms with Crippen LogP contribution in [0.3, 0.4) is 0 Å². The van der Waals surface area contributed by atoms with Gasteiger partial charge in [-0.3, -0.25) is 4.79 Å². The molecule has 2 rings (SSSR count). The minimum atomic E-state index is -0.599. The number of rotatable bonds is 7. The van der Waals surface area contributed by atoms with E-state index in [0.29, 0.717) is 11.4 Å². The van der Waals surface area contributed by atoms with Gasteiger partial charge in [0.15, 0.2) is 0 Å². The van der Waals surface area contributed by atoms with Crippen molar-refractivity contribution in [2.45, 2.75) is 31.5 Å². The predicted molar refractivity (Wildman–Crippen MR) is 96.9 cm³/mol. The first-order valence-electron chi connectivity index (χ1n) is 7.89. The Morgan fingerprint density at radius 2 is 1.79 bits per heavy atom. The first-order chi connectivity index (χ1) is 11.5. The van der Waals surface area contributed by atoms with Crippen LogP contribution in [0.2, 0.25) is 5.02 Å². The normalized spacial score (nSPS) is 14.7. The van der Waals surface area contributed by atoms with Crippen molar-refractivity contribution in [3.05, 3.63) is 70.7 Å². The monoisotopic (exact) mass is 346 g/mol. The first-order valence-corrected chi connectivity index (χ1v) is 8.27. The molecule has 0 spiro atoms. The van der Waals surface area contributed by atoms with Gasteiger partial charge in [0.05, 0.1) is 12.1 Å². The molecular weight excluding hydrogens is 324 g/mol. The number of amides is 1. The van der Waals surface area contributed by atoms with Crippen LogP contribution in [0.1, 0.15) is 24.2 Å². The van der Waals surface area contributed by atoms with Crippen LogP contribution in [0.4, 0.5) is 0 Å². The molecule has 5 heteroatoms. The summed E-state index contributed by atoms with van der Waals surface area (Å²) in [7, 11) is 1.62. The number of hydrogen-bond acceptors (Lipinski definition) is 3. The third-order valence-corrected chi connectivity index (χ3v) is 4.16. The molecule has 0 bridgehead atoms. The van der Waals surface area contributed by atoms with Gasteiger partial charge in [0, 0.05) is 12.1 Å². The summed E-state index contributed by atoms with van der Waals surface area (Å²) < 4.78 is 5.54. The molecule has 0 aliphatic carbocycles. The highest BCUT2D eigenvalue weighted by Crippen LogP contribution is 2.22. The molecule has 0 saturated heterocycles. The molecule has 3 atom stereocenters. The van der Waals surface area contributed by atoms with E-state index in [1.807, 2.05) is 49.4 Å². The Hall–Kier alpha value is -1.88. The van der Waals surface area contributed by atoms with Gasteiger partial charge in [-0.2, -0.15) is 0 Å². The van der Waals surface area contributed by atoms with Crippen molar-refractivity contribution in [2.75, 3.05) is 7.11 Å². The molecule has 0 fully saturated rings. The second-order valence-corrected chi connectivity index (χ2v) is 6.24. The molecule has 0 unspecified atom stereocenters. The van der Waals surface area contributed by atoms with Crippen molar-refractivity contribution < 1.29 is 9.53 Å². The van der Waals surface area contributed by atoms with Crippen molar-refractivity contribution >= 4 is 17.5 Å². The molecule has 4 nitrogen and oxygen atoms in total. The van der Waals surface area contributed by atoms with E-state index in [4.69, 9.17) is 22.1 Å². The lowest BCUT2D eigenvalue weighted by molar-refractivity contribution is -0.124. The van der Waals surface area contributed by atoms with Gasteiger partial charge in [-0.15, -0.1) is 0 Å². The summed E-state index contributed by atoms with van der Waals surface area (Å²) in [5, 5.41) is 3.60. The molecule has 0 radical (unpaired) electrons. The fraction of sp³-hybridized carbons (Fsp3) is 0.316. The zero-order valence-electron chi connectivity index (χ0n) is 13.9. The van der Waals surface area contributed by atoms with Crippen LogP contribution >= 0.6 is 11.6 Å². The van der Waals surface area contributed by atoms with E-state index < -0.39 is 6.04 Å². The van der Waals surface area contributed by atoms with Crippen LogP contribution in [0.25, 0.3) is 0 Å². The van der Waals surface area contributed by atoms with Gasteiger partial charge in [-0.05, 0) is 36.6 Å². The zero-order chi connectivity index (χ0) is 17.5. The molecule has 0 aliphatic rings. The zero-order valence-corrected chi connectivity index (χ0v) is 14.7. The average molecular weight is 347 g/mol. The highest BCUT2D eigenvalue weighted by molar-refractivity contribution is 6.30. The van der Waals surface area contributed by atoms with Crippen LogP contribution in [-0.2, 0) is 16.0 Å². The molecular formula is C19H23ClN2O2. The van der Waals surface area contributed by atoms with E-state index in [-0.39, 0.29) is 18.1 Å². The molecule has 2 aromatic carbocycles. The second kappa shape index (κ2) is 8.83. The molecule has 3 N–H and O–H groups in total. The largest absolute Gasteiger partial charge is 0.375 e. The summed E-state index contributed by atoms with van der Waals surface area (Å²) in [4.78, 5) is 12.4. The summed E-state index contributed by atoms with van der Waals surface area (Å²) in [5.74, 6) is -0.192. The fourth-order valence-corrected chi connectivity index (χ4v) is 2.78. The van der Waals surface area contributed by atoms with Crippen molar-refractivity contribution in [2.24, 2.45) is 5.73 Å². The topological polar surface area (TPSA) is 64.3 Å². The summed E-state index contributed by atoms with van der Waals surface area (Å²) in [5.41, 5.74) is 8.01. The molecule has 0 heterocycles. The lowest BCUT2D eigenvalue weighted by atomic mass is 10.0. The van der Waals surface area contributed by atoms with Gasteiger partial charge in [0.2, 0.25) is 5.91 Å². The molecule has 1 amide bonds. The summed E-state index contributed by atoms with van der Waals surface area (Å²) >= 11 is 5.91. The Balaban J connectivity index is 1.97. The van der Waals surface area contributed by atoms with E-state index in [9.17, 15) is 4.79 Å². The van der Waals surface area contributed by atoms with Gasteiger partial charge in [-0.25, -0.2) is 0 Å². The molecule has 2 aromatic rings. The Morgan fingerprint density at radius 3 is 2.38 bits per heavy atom. The van der Waals surface area contributed by atoms with Gasteiger partial charge in [0.1, 0.15) is 6.10 Å². The highest BCUT2D eigenvalue weighted by Gasteiger charge is 2.23. The van der Waals surface area contributed by atoms with Crippen LogP contribution < -0.4 is 11.1 Å². The van der Waals surface area contributed by atoms with E-state index >= 15 is 0 Å². The van der Waals surface area contributed by atoms with Crippen LogP contribution in [0, 0.1) is 0 Å². The Morgan fingerprint density at radius 1 is 1.17 bits per heavy atom. The smallest absolute Gasteiger partial charge is 0.237 e. The lowest BCUT2D eigenvalue weighted by Gasteiger charge is -2.25. The standard InChI is InChI=1S/C19H23ClN2O2/c1-13(18(24-2)15-8-10-16(20)11-9-15)22-19(23)17(21)12-14-6-4-3-5-7-14/h3-11,13,17-18H,12,21H2,1-2H3,(H,22,23)/t13-,17+,18+/m1/s1. The number of carbonyl (C=O) groups is 1. The number of benzene rings is 2. The Bertz CT molecular complexity index is 646. The SMILES string of the molecule is CO[C@H](c1ccc(Cl)cc1)[C@@H](C)NC(=O)[C@@H](N)Cc1ccccc1. The number of nitrogens with one attached hydrogen (secondary N) is 1. The van der Waals surface area contributed by atoms with Crippen LogP contribution in [0.15, 0.2) is 54.6 Å². The van der Waals surface area contributed by atoms with Crippen LogP contribution in [-0.4, -0.2) is 25.1 Å². The van der Waals surface area contributed by atoms with E-state index in [1.54, 1.807) is 19.2 Å². The van der Waals surface area contributed by atoms with Crippen LogP contribution in [0.5, 0.6) is 0 Å². The van der Waals surface area contributed by atoms with E-state index in [0.717, 1.165) is 11.1 Å². The van der Waals surface area contributed by atoms with Gasteiger partial charge < -0.3 is 15.8 Å². The van der Waals surface area contributed by atoms with Crippen molar-refractivity contribution in [3.63, 3.8) is 0 Å². The summed E-state index contributed by atoms with van der Waals surface area (Å²) in [6, 6.07) is 16.3. The minimum absolute atomic E-state index is 0.192. The Labute approximate surface area is 148 Å². The second-order valence-electron chi connectivity index (χ2n) is 5.80. The number of ether oxygens (including phenoxy) is 1. The van der Waals surface area contributed by atoms with Gasteiger partial charge in [-0.1, -0.05) is 54.1 Å². The number of nitrogens with two attached hydrogens (primary N) is 1. The highest BCUT2D eigenvalue weighted by atomic mass is 35.5. The first kappa shape index (κ1) is 18.5. The minimum Gasteiger partial charge on any atom is -0.375 e. The lowest BCUT2D eigenvalue weighted by Crippen LogP contribution is -2.47. The van der Waals surface area contributed by atoms with Crippen molar-refractivity contribution in [3.8, 4) is 0 Å². The van der Waals surface area contributed by atoms with E-state index in [2.05, 4.69) is 5.32 Å². The quantitative estimate of drug-likeness (QED) is 0.809. The third kappa shape index (κ3) is 5.06. The van der Waals surface area contributed by atoms with Crippen molar-refractivity contribution in [1.82, 2.24) is 5.32 Å².